The molecule has 1 heterocycles. The maximum absolute atomic E-state index is 12.7. The Kier molecular flexibility index (Phi) is 6.35. The fourth-order valence-electron chi connectivity index (χ4n) is 2.21. The van der Waals surface area contributed by atoms with Gasteiger partial charge in [0.2, 0.25) is 10.0 Å². The van der Waals surface area contributed by atoms with Crippen LogP contribution >= 0.6 is 0 Å². The minimum absolute atomic E-state index is 0.142. The first-order valence-electron chi connectivity index (χ1n) is 7.69. The molecule has 0 spiro atoms. The van der Waals surface area contributed by atoms with E-state index in [-0.39, 0.29) is 10.8 Å². The lowest BCUT2D eigenvalue weighted by Gasteiger charge is -2.21. The summed E-state index contributed by atoms with van der Waals surface area (Å²) in [4.78, 5) is 14.5. The number of hydrogen-bond acceptors (Lipinski definition) is 5. The molecule has 0 atom stereocenters. The summed E-state index contributed by atoms with van der Waals surface area (Å²) < 4.78 is 35.7. The first-order valence-corrected chi connectivity index (χ1v) is 9.13. The Bertz CT molecular complexity index is 783. The molecule has 0 N–H and O–H groups in total. The number of furan rings is 1. The molecule has 0 saturated carbocycles. The Balaban J connectivity index is 2.20. The van der Waals surface area contributed by atoms with Crippen LogP contribution in [0.3, 0.4) is 0 Å². The van der Waals surface area contributed by atoms with Gasteiger partial charge in [-0.1, -0.05) is 0 Å². The van der Waals surface area contributed by atoms with Gasteiger partial charge in [-0.2, -0.15) is 0 Å². The second-order valence-electron chi connectivity index (χ2n) is 5.61. The lowest BCUT2D eigenvalue weighted by Crippen LogP contribution is -2.33. The SMILES string of the molecule is COCCN(Cc1ccco1)C(=O)c1ccc(S(=O)(=O)N(C)C)cc1. The van der Waals surface area contributed by atoms with Gasteiger partial charge in [0.05, 0.1) is 24.3 Å². The van der Waals surface area contributed by atoms with Gasteiger partial charge < -0.3 is 14.1 Å². The normalized spacial score (nSPS) is 11.7. The summed E-state index contributed by atoms with van der Waals surface area (Å²) in [6.07, 6.45) is 1.55. The molecular weight excluding hydrogens is 344 g/mol. The number of benzene rings is 1. The number of hydrogen-bond donors (Lipinski definition) is 0. The Hall–Kier alpha value is -2.16. The minimum atomic E-state index is -3.52. The highest BCUT2D eigenvalue weighted by atomic mass is 32.2. The molecule has 0 aliphatic heterocycles. The Morgan fingerprint density at radius 3 is 2.36 bits per heavy atom. The molecule has 7 nitrogen and oxygen atoms in total. The first kappa shape index (κ1) is 19.2. The van der Waals surface area contributed by atoms with Crippen molar-refractivity contribution in [1.29, 1.82) is 0 Å². The number of carbonyl (C=O) groups excluding carboxylic acids is 1. The largest absolute Gasteiger partial charge is 0.467 e. The lowest BCUT2D eigenvalue weighted by atomic mass is 10.2. The quantitative estimate of drug-likeness (QED) is 0.712. The smallest absolute Gasteiger partial charge is 0.254 e. The van der Waals surface area contributed by atoms with Crippen LogP contribution in [-0.4, -0.2) is 57.9 Å². The summed E-state index contributed by atoms with van der Waals surface area (Å²) in [5.41, 5.74) is 0.403. The number of sulfonamides is 1. The molecule has 0 aliphatic carbocycles. The average molecular weight is 366 g/mol. The van der Waals surface area contributed by atoms with Crippen LogP contribution in [0.2, 0.25) is 0 Å². The van der Waals surface area contributed by atoms with Crippen LogP contribution in [0, 0.1) is 0 Å². The van der Waals surface area contributed by atoms with Crippen molar-refractivity contribution in [2.45, 2.75) is 11.4 Å². The van der Waals surface area contributed by atoms with Crippen LogP contribution < -0.4 is 0 Å². The van der Waals surface area contributed by atoms with E-state index in [2.05, 4.69) is 0 Å². The highest BCUT2D eigenvalue weighted by Crippen LogP contribution is 2.16. The third kappa shape index (κ3) is 4.68. The maximum Gasteiger partial charge on any atom is 0.254 e. The van der Waals surface area contributed by atoms with Crippen molar-refractivity contribution >= 4 is 15.9 Å². The van der Waals surface area contributed by atoms with E-state index in [1.54, 1.807) is 30.4 Å². The maximum atomic E-state index is 12.7. The van der Waals surface area contributed by atoms with Crippen LogP contribution in [0.1, 0.15) is 16.1 Å². The highest BCUT2D eigenvalue weighted by molar-refractivity contribution is 7.89. The summed E-state index contributed by atoms with van der Waals surface area (Å²) >= 11 is 0. The van der Waals surface area contributed by atoms with Crippen LogP contribution in [-0.2, 0) is 21.3 Å². The minimum Gasteiger partial charge on any atom is -0.467 e. The Morgan fingerprint density at radius 1 is 1.16 bits per heavy atom. The third-order valence-electron chi connectivity index (χ3n) is 3.66. The van der Waals surface area contributed by atoms with Gasteiger partial charge in [0, 0.05) is 33.3 Å². The first-order chi connectivity index (χ1) is 11.9. The summed E-state index contributed by atoms with van der Waals surface area (Å²) in [5, 5.41) is 0. The van der Waals surface area contributed by atoms with Gasteiger partial charge in [0.15, 0.2) is 0 Å². The molecule has 0 unspecified atom stereocenters. The predicted molar refractivity (Wildman–Crippen MR) is 92.6 cm³/mol. The van der Waals surface area contributed by atoms with E-state index in [1.807, 2.05) is 0 Å². The monoisotopic (exact) mass is 366 g/mol. The standard InChI is InChI=1S/C17H22N2O5S/c1-18(2)25(21,22)16-8-6-14(7-9-16)17(20)19(10-12-23-3)13-15-5-4-11-24-15/h4-9,11H,10,12-13H2,1-3H3. The number of nitrogens with zero attached hydrogens (tertiary/aromatic N) is 2. The van der Waals surface area contributed by atoms with Gasteiger partial charge >= 0.3 is 0 Å². The van der Waals surface area contributed by atoms with E-state index in [0.29, 0.717) is 31.0 Å². The molecule has 25 heavy (non-hydrogen) atoms. The van der Waals surface area contributed by atoms with Crippen LogP contribution in [0.25, 0.3) is 0 Å². The molecule has 0 radical (unpaired) electrons. The van der Waals surface area contributed by atoms with Crippen molar-refractivity contribution in [3.8, 4) is 0 Å². The molecule has 1 aromatic carbocycles. The third-order valence-corrected chi connectivity index (χ3v) is 5.49. The zero-order valence-electron chi connectivity index (χ0n) is 14.5. The van der Waals surface area contributed by atoms with E-state index >= 15 is 0 Å². The van der Waals surface area contributed by atoms with Crippen molar-refractivity contribution in [3.63, 3.8) is 0 Å². The molecule has 0 aliphatic rings. The molecule has 1 aromatic heterocycles. The van der Waals surface area contributed by atoms with Crippen LogP contribution in [0.5, 0.6) is 0 Å². The molecular formula is C17H22N2O5S. The number of methoxy groups -OCH3 is 1. The topological polar surface area (TPSA) is 80.1 Å². The fourth-order valence-corrected chi connectivity index (χ4v) is 3.11. The van der Waals surface area contributed by atoms with E-state index in [0.717, 1.165) is 4.31 Å². The number of carbonyl (C=O) groups is 1. The summed E-state index contributed by atoms with van der Waals surface area (Å²) in [6.45, 7) is 1.10. The van der Waals surface area contributed by atoms with Crippen molar-refractivity contribution < 1.29 is 22.4 Å². The van der Waals surface area contributed by atoms with E-state index in [1.165, 1.54) is 38.4 Å². The van der Waals surface area contributed by atoms with Crippen molar-refractivity contribution in [1.82, 2.24) is 9.21 Å². The molecule has 2 rings (SSSR count). The van der Waals surface area contributed by atoms with Gasteiger partial charge in [0.25, 0.3) is 5.91 Å². The molecule has 8 heteroatoms. The summed E-state index contributed by atoms with van der Waals surface area (Å²) in [5.74, 6) is 0.443. The zero-order valence-corrected chi connectivity index (χ0v) is 15.3. The molecule has 0 saturated heterocycles. The Morgan fingerprint density at radius 2 is 1.84 bits per heavy atom. The number of ether oxygens (including phenoxy) is 1. The highest BCUT2D eigenvalue weighted by Gasteiger charge is 2.20. The lowest BCUT2D eigenvalue weighted by molar-refractivity contribution is 0.0666. The van der Waals surface area contributed by atoms with Gasteiger partial charge in [-0.25, -0.2) is 12.7 Å². The van der Waals surface area contributed by atoms with Crippen molar-refractivity contribution in [2.24, 2.45) is 0 Å². The molecule has 1 amide bonds. The summed E-state index contributed by atoms with van der Waals surface area (Å²) in [6, 6.07) is 9.45. The van der Waals surface area contributed by atoms with E-state index in [4.69, 9.17) is 9.15 Å². The molecule has 2 aromatic rings. The second-order valence-corrected chi connectivity index (χ2v) is 7.76. The van der Waals surface area contributed by atoms with Gasteiger partial charge in [-0.05, 0) is 36.4 Å². The summed E-state index contributed by atoms with van der Waals surface area (Å²) in [7, 11) is 0.970. The van der Waals surface area contributed by atoms with Gasteiger partial charge in [0.1, 0.15) is 5.76 Å². The van der Waals surface area contributed by atoms with E-state index in [9.17, 15) is 13.2 Å². The fraction of sp³-hybridized carbons (Fsp3) is 0.353. The van der Waals surface area contributed by atoms with Crippen molar-refractivity contribution in [3.05, 3.63) is 54.0 Å². The van der Waals surface area contributed by atoms with Crippen molar-refractivity contribution in [2.75, 3.05) is 34.4 Å². The Labute approximate surface area is 147 Å². The molecule has 0 fully saturated rings. The van der Waals surface area contributed by atoms with Crippen LogP contribution in [0.15, 0.2) is 52.0 Å². The average Bonchev–Trinajstić information content (AvgIpc) is 3.11. The van der Waals surface area contributed by atoms with Crippen LogP contribution in [0.4, 0.5) is 0 Å². The molecule has 0 bridgehead atoms. The molecule has 136 valence electrons. The second kappa shape index (κ2) is 8.28. The number of rotatable bonds is 8. The number of amides is 1. The zero-order chi connectivity index (χ0) is 18.4. The van der Waals surface area contributed by atoms with E-state index < -0.39 is 10.0 Å². The predicted octanol–water partition coefficient (Wildman–Crippen LogP) is 1.82. The van der Waals surface area contributed by atoms with Gasteiger partial charge in [-0.3, -0.25) is 4.79 Å². The van der Waals surface area contributed by atoms with Gasteiger partial charge in [-0.15, -0.1) is 0 Å².